The highest BCUT2D eigenvalue weighted by atomic mass is 16.2. The molecule has 2 heteroatoms. The predicted molar refractivity (Wildman–Crippen MR) is 102 cm³/mol. The molecule has 0 radical (unpaired) electrons. The van der Waals surface area contributed by atoms with Crippen molar-refractivity contribution in [1.29, 1.82) is 0 Å². The highest BCUT2D eigenvalue weighted by Crippen LogP contribution is 2.22. The van der Waals surface area contributed by atoms with E-state index in [1.54, 1.807) is 0 Å². The van der Waals surface area contributed by atoms with Gasteiger partial charge in [0.25, 0.3) is 0 Å². The fourth-order valence-electron chi connectivity index (χ4n) is 2.76. The van der Waals surface area contributed by atoms with E-state index in [1.165, 1.54) is 22.3 Å². The van der Waals surface area contributed by atoms with Gasteiger partial charge in [-0.15, -0.1) is 0 Å². The van der Waals surface area contributed by atoms with Gasteiger partial charge in [0, 0.05) is 13.0 Å². The van der Waals surface area contributed by atoms with E-state index in [-0.39, 0.29) is 11.9 Å². The largest absolute Gasteiger partial charge is 0.332 e. The SMILES string of the molecule is CCC(=O)N(C/C=C(\C)c1ccc(C)cc1)[C@H](C)c1ccccc1. The summed E-state index contributed by atoms with van der Waals surface area (Å²) in [5.41, 5.74) is 4.83. The smallest absolute Gasteiger partial charge is 0.223 e. The lowest BCUT2D eigenvalue weighted by Crippen LogP contribution is -2.33. The maximum atomic E-state index is 12.4. The van der Waals surface area contributed by atoms with Gasteiger partial charge in [-0.05, 0) is 37.5 Å². The van der Waals surface area contributed by atoms with E-state index < -0.39 is 0 Å². The molecule has 2 aromatic carbocycles. The van der Waals surface area contributed by atoms with Crippen LogP contribution in [0.1, 0.15) is 49.9 Å². The first kappa shape index (κ1) is 18.0. The lowest BCUT2D eigenvalue weighted by atomic mass is 10.0. The topological polar surface area (TPSA) is 20.3 Å². The van der Waals surface area contributed by atoms with Gasteiger partial charge in [0.15, 0.2) is 0 Å². The molecule has 24 heavy (non-hydrogen) atoms. The molecule has 0 saturated carbocycles. The Morgan fingerprint density at radius 2 is 1.71 bits per heavy atom. The molecule has 0 heterocycles. The van der Waals surface area contributed by atoms with Crippen LogP contribution in [0.2, 0.25) is 0 Å². The van der Waals surface area contributed by atoms with Gasteiger partial charge in [-0.1, -0.05) is 73.2 Å². The van der Waals surface area contributed by atoms with Crippen molar-refractivity contribution in [2.75, 3.05) is 6.54 Å². The minimum absolute atomic E-state index is 0.0701. The van der Waals surface area contributed by atoms with Gasteiger partial charge in [-0.25, -0.2) is 0 Å². The molecule has 0 saturated heterocycles. The van der Waals surface area contributed by atoms with Gasteiger partial charge in [0.05, 0.1) is 6.04 Å². The summed E-state index contributed by atoms with van der Waals surface area (Å²) in [6.07, 6.45) is 2.67. The molecule has 0 N–H and O–H groups in total. The van der Waals surface area contributed by atoms with Gasteiger partial charge in [-0.3, -0.25) is 4.79 Å². The number of carbonyl (C=O) groups excluding carboxylic acids is 1. The van der Waals surface area contributed by atoms with E-state index >= 15 is 0 Å². The van der Waals surface area contributed by atoms with E-state index in [9.17, 15) is 4.79 Å². The number of amides is 1. The molecule has 1 amide bonds. The fourth-order valence-corrected chi connectivity index (χ4v) is 2.76. The quantitative estimate of drug-likeness (QED) is 0.697. The van der Waals surface area contributed by atoms with Gasteiger partial charge < -0.3 is 4.90 Å². The van der Waals surface area contributed by atoms with Gasteiger partial charge in [0.1, 0.15) is 0 Å². The standard InChI is InChI=1S/C22H27NO/c1-5-22(24)23(19(4)21-9-7-6-8-10-21)16-15-18(3)20-13-11-17(2)12-14-20/h6-15,19H,5,16H2,1-4H3/b18-15+/t19-/m1/s1. The summed E-state index contributed by atoms with van der Waals surface area (Å²) in [5.74, 6) is 0.180. The van der Waals surface area contributed by atoms with E-state index in [2.05, 4.69) is 63.2 Å². The van der Waals surface area contributed by atoms with Gasteiger partial charge in [0.2, 0.25) is 5.91 Å². The molecule has 0 fully saturated rings. The molecule has 0 spiro atoms. The molecule has 0 unspecified atom stereocenters. The maximum Gasteiger partial charge on any atom is 0.223 e. The highest BCUT2D eigenvalue weighted by molar-refractivity contribution is 5.77. The summed E-state index contributed by atoms with van der Waals surface area (Å²) in [6, 6.07) is 18.8. The number of allylic oxidation sites excluding steroid dienone is 1. The van der Waals surface area contributed by atoms with E-state index in [4.69, 9.17) is 0 Å². The Morgan fingerprint density at radius 3 is 2.29 bits per heavy atom. The van der Waals surface area contributed by atoms with Crippen LogP contribution in [0.5, 0.6) is 0 Å². The zero-order valence-corrected chi connectivity index (χ0v) is 15.1. The number of rotatable bonds is 6. The Bertz CT molecular complexity index is 686. The van der Waals surface area contributed by atoms with Crippen LogP contribution in [0.4, 0.5) is 0 Å². The van der Waals surface area contributed by atoms with Crippen LogP contribution in [0.3, 0.4) is 0 Å². The number of aryl methyl sites for hydroxylation is 1. The van der Waals surface area contributed by atoms with Crippen molar-refractivity contribution in [3.63, 3.8) is 0 Å². The average molecular weight is 321 g/mol. The van der Waals surface area contributed by atoms with Crippen molar-refractivity contribution in [2.24, 2.45) is 0 Å². The summed E-state index contributed by atoms with van der Waals surface area (Å²) >= 11 is 0. The zero-order chi connectivity index (χ0) is 17.5. The Kier molecular flexibility index (Phi) is 6.36. The second kappa shape index (κ2) is 8.49. The molecule has 2 rings (SSSR count). The van der Waals surface area contributed by atoms with Crippen LogP contribution in [-0.2, 0) is 4.79 Å². The molecule has 2 aromatic rings. The first-order valence-electron chi connectivity index (χ1n) is 8.61. The molecule has 0 bridgehead atoms. The Morgan fingerprint density at radius 1 is 1.08 bits per heavy atom. The first-order valence-corrected chi connectivity index (χ1v) is 8.61. The summed E-state index contributed by atoms with van der Waals surface area (Å²) in [6.45, 7) is 8.84. The number of nitrogens with zero attached hydrogens (tertiary/aromatic N) is 1. The fraction of sp³-hybridized carbons (Fsp3) is 0.318. The molecular formula is C22H27NO. The highest BCUT2D eigenvalue weighted by Gasteiger charge is 2.19. The number of benzene rings is 2. The normalized spacial score (nSPS) is 12.8. The third-order valence-corrected chi connectivity index (χ3v) is 4.47. The van der Waals surface area contributed by atoms with E-state index in [0.717, 1.165) is 0 Å². The molecule has 0 aliphatic carbocycles. The van der Waals surface area contributed by atoms with Crippen LogP contribution in [0.15, 0.2) is 60.7 Å². The van der Waals surface area contributed by atoms with Crippen molar-refractivity contribution in [2.45, 2.75) is 40.2 Å². The van der Waals surface area contributed by atoms with Crippen molar-refractivity contribution in [1.82, 2.24) is 4.90 Å². The van der Waals surface area contributed by atoms with Crippen LogP contribution < -0.4 is 0 Å². The minimum atomic E-state index is 0.0701. The van der Waals surface area contributed by atoms with Crippen LogP contribution in [0, 0.1) is 6.92 Å². The summed E-state index contributed by atoms with van der Waals surface area (Å²) in [4.78, 5) is 14.4. The summed E-state index contributed by atoms with van der Waals surface area (Å²) in [7, 11) is 0. The van der Waals surface area contributed by atoms with Crippen molar-refractivity contribution < 1.29 is 4.79 Å². The number of hydrogen-bond acceptors (Lipinski definition) is 1. The lowest BCUT2D eigenvalue weighted by Gasteiger charge is -2.28. The molecular weight excluding hydrogens is 294 g/mol. The molecule has 1 atom stereocenters. The minimum Gasteiger partial charge on any atom is -0.332 e. The third-order valence-electron chi connectivity index (χ3n) is 4.47. The second-order valence-corrected chi connectivity index (χ2v) is 6.24. The van der Waals surface area contributed by atoms with Gasteiger partial charge in [-0.2, -0.15) is 0 Å². The average Bonchev–Trinajstić information content (AvgIpc) is 2.62. The van der Waals surface area contributed by atoms with Gasteiger partial charge >= 0.3 is 0 Å². The lowest BCUT2D eigenvalue weighted by molar-refractivity contribution is -0.132. The molecule has 2 nitrogen and oxygen atoms in total. The maximum absolute atomic E-state index is 12.4. The summed E-state index contributed by atoms with van der Waals surface area (Å²) in [5, 5.41) is 0. The number of carbonyl (C=O) groups is 1. The van der Waals surface area contributed by atoms with Crippen LogP contribution in [-0.4, -0.2) is 17.4 Å². The Labute approximate surface area is 145 Å². The monoisotopic (exact) mass is 321 g/mol. The second-order valence-electron chi connectivity index (χ2n) is 6.24. The van der Waals surface area contributed by atoms with Crippen molar-refractivity contribution >= 4 is 11.5 Å². The molecule has 0 aliphatic heterocycles. The van der Waals surface area contributed by atoms with E-state index in [1.807, 2.05) is 30.0 Å². The molecule has 0 aliphatic rings. The zero-order valence-electron chi connectivity index (χ0n) is 15.1. The predicted octanol–water partition coefficient (Wildman–Crippen LogP) is 5.40. The van der Waals surface area contributed by atoms with E-state index in [0.29, 0.717) is 13.0 Å². The third kappa shape index (κ3) is 4.58. The van der Waals surface area contributed by atoms with Crippen LogP contribution >= 0.6 is 0 Å². The number of hydrogen-bond donors (Lipinski definition) is 0. The molecule has 126 valence electrons. The Balaban J connectivity index is 2.18. The van der Waals surface area contributed by atoms with Crippen molar-refractivity contribution in [3.05, 3.63) is 77.4 Å². The van der Waals surface area contributed by atoms with Crippen molar-refractivity contribution in [3.8, 4) is 0 Å². The first-order chi connectivity index (χ1) is 11.5. The molecule has 0 aromatic heterocycles. The Hall–Kier alpha value is -2.35. The summed E-state index contributed by atoms with van der Waals surface area (Å²) < 4.78 is 0. The van der Waals surface area contributed by atoms with Crippen LogP contribution in [0.25, 0.3) is 5.57 Å².